The van der Waals surface area contributed by atoms with E-state index in [1.165, 1.54) is 4.88 Å². The molecule has 2 heterocycles. The third-order valence-electron chi connectivity index (χ3n) is 2.97. The number of piperidine rings is 1. The van der Waals surface area contributed by atoms with Crippen LogP contribution < -0.4 is 10.6 Å². The van der Waals surface area contributed by atoms with Gasteiger partial charge in [-0.2, -0.15) is 0 Å². The highest BCUT2D eigenvalue weighted by Gasteiger charge is 2.20. The van der Waals surface area contributed by atoms with Crippen LogP contribution in [0.4, 0.5) is 0 Å². The number of amides is 1. The molecular formula is C12H17BrN2OS. The lowest BCUT2D eigenvalue weighted by molar-refractivity contribution is -0.125. The van der Waals surface area contributed by atoms with Gasteiger partial charge in [0.25, 0.3) is 0 Å². The smallest absolute Gasteiger partial charge is 0.224 e. The van der Waals surface area contributed by atoms with Gasteiger partial charge < -0.3 is 10.6 Å². The lowest BCUT2D eigenvalue weighted by Crippen LogP contribution is -2.41. The first-order valence-corrected chi connectivity index (χ1v) is 7.59. The molecule has 1 amide bonds. The van der Waals surface area contributed by atoms with Gasteiger partial charge >= 0.3 is 0 Å². The topological polar surface area (TPSA) is 41.1 Å². The zero-order valence-electron chi connectivity index (χ0n) is 9.67. The van der Waals surface area contributed by atoms with Crippen LogP contribution in [0.3, 0.4) is 0 Å². The summed E-state index contributed by atoms with van der Waals surface area (Å²) in [5.41, 5.74) is 0. The number of halogens is 1. The number of carbonyl (C=O) groups is 1. The predicted octanol–water partition coefficient (Wildman–Crippen LogP) is 2.17. The van der Waals surface area contributed by atoms with Crippen molar-refractivity contribution in [3.8, 4) is 0 Å². The van der Waals surface area contributed by atoms with E-state index in [0.717, 1.165) is 42.7 Å². The van der Waals surface area contributed by atoms with Gasteiger partial charge in [0.05, 0.1) is 9.70 Å². The molecule has 1 fully saturated rings. The van der Waals surface area contributed by atoms with Crippen LogP contribution in [0, 0.1) is 5.92 Å². The standard InChI is InChI=1S/C12H17BrN2OS/c13-11-4-3-10(17-11)5-7-15-12(16)9-2-1-6-14-8-9/h3-4,9,14H,1-2,5-8H2,(H,15,16)/t9-/m1/s1. The zero-order chi connectivity index (χ0) is 12.1. The van der Waals surface area contributed by atoms with E-state index in [1.54, 1.807) is 11.3 Å². The maximum Gasteiger partial charge on any atom is 0.224 e. The maximum atomic E-state index is 11.8. The van der Waals surface area contributed by atoms with Crippen LogP contribution in [-0.4, -0.2) is 25.5 Å². The predicted molar refractivity (Wildman–Crippen MR) is 74.3 cm³/mol. The molecule has 1 aliphatic rings. The number of rotatable bonds is 4. The fourth-order valence-electron chi connectivity index (χ4n) is 2.01. The molecule has 94 valence electrons. The summed E-state index contributed by atoms with van der Waals surface area (Å²) in [6, 6.07) is 4.15. The number of thiophene rings is 1. The minimum atomic E-state index is 0.166. The van der Waals surface area contributed by atoms with E-state index < -0.39 is 0 Å². The Morgan fingerprint density at radius 1 is 1.59 bits per heavy atom. The lowest BCUT2D eigenvalue weighted by Gasteiger charge is -2.21. The van der Waals surface area contributed by atoms with Gasteiger partial charge in [-0.25, -0.2) is 0 Å². The molecule has 17 heavy (non-hydrogen) atoms. The van der Waals surface area contributed by atoms with E-state index in [0.29, 0.717) is 0 Å². The second kappa shape index (κ2) is 6.52. The average Bonchev–Trinajstić information content (AvgIpc) is 2.76. The largest absolute Gasteiger partial charge is 0.355 e. The number of nitrogens with one attached hydrogen (secondary N) is 2. The van der Waals surface area contributed by atoms with Crippen molar-refractivity contribution in [1.29, 1.82) is 0 Å². The molecule has 0 radical (unpaired) electrons. The van der Waals surface area contributed by atoms with Crippen LogP contribution in [0.2, 0.25) is 0 Å². The molecule has 0 unspecified atom stereocenters. The molecular weight excluding hydrogens is 300 g/mol. The molecule has 0 spiro atoms. The minimum Gasteiger partial charge on any atom is -0.355 e. The zero-order valence-corrected chi connectivity index (χ0v) is 12.1. The third kappa shape index (κ3) is 4.08. The second-order valence-corrected chi connectivity index (χ2v) is 6.84. The Balaban J connectivity index is 1.69. The highest BCUT2D eigenvalue weighted by Crippen LogP contribution is 2.22. The molecule has 1 saturated heterocycles. The first-order chi connectivity index (χ1) is 8.25. The van der Waals surface area contributed by atoms with Crippen LogP contribution in [-0.2, 0) is 11.2 Å². The quantitative estimate of drug-likeness (QED) is 0.894. The Kier molecular flexibility index (Phi) is 5.00. The summed E-state index contributed by atoms with van der Waals surface area (Å²) in [4.78, 5) is 13.1. The fourth-order valence-corrected chi connectivity index (χ4v) is 3.50. The van der Waals surface area contributed by atoms with Crippen LogP contribution in [0.15, 0.2) is 15.9 Å². The van der Waals surface area contributed by atoms with E-state index in [1.807, 2.05) is 6.07 Å². The molecule has 2 rings (SSSR count). The first-order valence-electron chi connectivity index (χ1n) is 5.98. The molecule has 0 saturated carbocycles. The van der Waals surface area contributed by atoms with Crippen molar-refractivity contribution in [2.75, 3.05) is 19.6 Å². The molecule has 1 atom stereocenters. The molecule has 2 N–H and O–H groups in total. The van der Waals surface area contributed by atoms with Gasteiger partial charge in [-0.05, 0) is 53.9 Å². The molecule has 1 aromatic rings. The van der Waals surface area contributed by atoms with Crippen molar-refractivity contribution >= 4 is 33.2 Å². The molecule has 3 nitrogen and oxygen atoms in total. The van der Waals surface area contributed by atoms with Crippen molar-refractivity contribution in [2.45, 2.75) is 19.3 Å². The van der Waals surface area contributed by atoms with E-state index in [9.17, 15) is 4.79 Å². The van der Waals surface area contributed by atoms with Gasteiger partial charge in [0.2, 0.25) is 5.91 Å². The van der Waals surface area contributed by atoms with Crippen molar-refractivity contribution in [1.82, 2.24) is 10.6 Å². The molecule has 0 aromatic carbocycles. The van der Waals surface area contributed by atoms with Gasteiger partial charge in [-0.15, -0.1) is 11.3 Å². The first kappa shape index (κ1) is 13.1. The molecule has 1 aromatic heterocycles. The number of hydrogen-bond acceptors (Lipinski definition) is 3. The number of hydrogen-bond donors (Lipinski definition) is 2. The van der Waals surface area contributed by atoms with Crippen molar-refractivity contribution in [3.63, 3.8) is 0 Å². The highest BCUT2D eigenvalue weighted by atomic mass is 79.9. The van der Waals surface area contributed by atoms with Gasteiger partial charge in [-0.3, -0.25) is 4.79 Å². The summed E-state index contributed by atoms with van der Waals surface area (Å²) >= 11 is 5.17. The fraction of sp³-hybridized carbons (Fsp3) is 0.583. The molecule has 5 heteroatoms. The Hall–Kier alpha value is -0.390. The van der Waals surface area contributed by atoms with Gasteiger partial charge in [0.15, 0.2) is 0 Å². The van der Waals surface area contributed by atoms with E-state index in [4.69, 9.17) is 0 Å². The van der Waals surface area contributed by atoms with Crippen LogP contribution >= 0.6 is 27.3 Å². The summed E-state index contributed by atoms with van der Waals surface area (Å²) in [5, 5.41) is 6.28. The Bertz CT molecular complexity index is 374. The summed E-state index contributed by atoms with van der Waals surface area (Å²) in [6.07, 6.45) is 3.04. The van der Waals surface area contributed by atoms with E-state index >= 15 is 0 Å². The minimum absolute atomic E-state index is 0.166. The Morgan fingerprint density at radius 3 is 3.12 bits per heavy atom. The Morgan fingerprint density at radius 2 is 2.47 bits per heavy atom. The van der Waals surface area contributed by atoms with Crippen LogP contribution in [0.25, 0.3) is 0 Å². The van der Waals surface area contributed by atoms with E-state index in [2.05, 4.69) is 32.6 Å². The summed E-state index contributed by atoms with van der Waals surface area (Å²) in [7, 11) is 0. The maximum absolute atomic E-state index is 11.8. The molecule has 0 aliphatic carbocycles. The summed E-state index contributed by atoms with van der Waals surface area (Å²) < 4.78 is 1.15. The molecule has 0 bridgehead atoms. The summed E-state index contributed by atoms with van der Waals surface area (Å²) in [6.45, 7) is 2.62. The Labute approximate surface area is 114 Å². The van der Waals surface area contributed by atoms with E-state index in [-0.39, 0.29) is 11.8 Å². The van der Waals surface area contributed by atoms with Gasteiger partial charge in [-0.1, -0.05) is 0 Å². The van der Waals surface area contributed by atoms with Crippen LogP contribution in [0.1, 0.15) is 17.7 Å². The van der Waals surface area contributed by atoms with Gasteiger partial charge in [0.1, 0.15) is 0 Å². The molecule has 1 aliphatic heterocycles. The van der Waals surface area contributed by atoms with Gasteiger partial charge in [0, 0.05) is 18.0 Å². The monoisotopic (exact) mass is 316 g/mol. The SMILES string of the molecule is O=C(NCCc1ccc(Br)s1)[C@@H]1CCCNC1. The second-order valence-electron chi connectivity index (χ2n) is 4.29. The average molecular weight is 317 g/mol. The number of carbonyl (C=O) groups excluding carboxylic acids is 1. The lowest BCUT2D eigenvalue weighted by atomic mass is 9.99. The van der Waals surface area contributed by atoms with Crippen molar-refractivity contribution in [3.05, 3.63) is 20.8 Å². The summed E-state index contributed by atoms with van der Waals surface area (Å²) in [5.74, 6) is 0.367. The van der Waals surface area contributed by atoms with Crippen molar-refractivity contribution < 1.29 is 4.79 Å². The third-order valence-corrected chi connectivity index (χ3v) is 4.65. The van der Waals surface area contributed by atoms with Crippen molar-refractivity contribution in [2.24, 2.45) is 5.92 Å². The highest BCUT2D eigenvalue weighted by molar-refractivity contribution is 9.11. The van der Waals surface area contributed by atoms with Crippen LogP contribution in [0.5, 0.6) is 0 Å². The normalized spacial score (nSPS) is 20.2.